The maximum absolute atomic E-state index is 6.16. The van der Waals surface area contributed by atoms with E-state index in [1.807, 2.05) is 41.2 Å². The van der Waals surface area contributed by atoms with Crippen LogP contribution in [0.25, 0.3) is 11.3 Å². The molecule has 0 atom stereocenters. The summed E-state index contributed by atoms with van der Waals surface area (Å²) < 4.78 is 1.94. The molecule has 2 aromatic carbocycles. The molecular formula is C22H23N7. The molecule has 7 heteroatoms. The van der Waals surface area contributed by atoms with Crippen LogP contribution in [-0.4, -0.2) is 14.8 Å². The highest BCUT2D eigenvalue weighted by Crippen LogP contribution is 2.26. The number of nitrogens with zero attached hydrogens (tertiary/aromatic N) is 3. The lowest BCUT2D eigenvalue weighted by atomic mass is 10.0. The quantitative estimate of drug-likeness (QED) is 0.299. The molecule has 0 spiro atoms. The fourth-order valence-corrected chi connectivity index (χ4v) is 3.32. The molecule has 0 radical (unpaired) electrons. The Kier molecular flexibility index (Phi) is 5.13. The molecular weight excluding hydrogens is 362 g/mol. The summed E-state index contributed by atoms with van der Waals surface area (Å²) in [6.07, 6.45) is 2.61. The van der Waals surface area contributed by atoms with Crippen LogP contribution in [0.5, 0.6) is 0 Å². The Hall–Kier alpha value is -3.84. The zero-order valence-corrected chi connectivity index (χ0v) is 15.9. The van der Waals surface area contributed by atoms with Crippen LogP contribution in [0.4, 0.5) is 17.3 Å². The van der Waals surface area contributed by atoms with Gasteiger partial charge in [0.15, 0.2) is 5.82 Å². The third kappa shape index (κ3) is 4.20. The second-order valence-electron chi connectivity index (χ2n) is 6.87. The normalized spacial score (nSPS) is 10.8. The number of hydrogen-bond acceptors (Lipinski definition) is 6. The Labute approximate surface area is 169 Å². The largest absolute Gasteiger partial charge is 0.395 e. The topological polar surface area (TPSA) is 121 Å². The van der Waals surface area contributed by atoms with Crippen LogP contribution >= 0.6 is 0 Å². The molecule has 4 rings (SSSR count). The van der Waals surface area contributed by atoms with Crippen molar-refractivity contribution in [2.75, 3.05) is 16.9 Å². The first-order chi connectivity index (χ1) is 14.1. The van der Waals surface area contributed by atoms with Gasteiger partial charge < -0.3 is 16.9 Å². The van der Waals surface area contributed by atoms with E-state index in [-0.39, 0.29) is 0 Å². The van der Waals surface area contributed by atoms with Crippen molar-refractivity contribution in [1.29, 1.82) is 0 Å². The summed E-state index contributed by atoms with van der Waals surface area (Å²) in [7, 11) is 0. The number of hydrogen-bond donors (Lipinski definition) is 4. The molecule has 7 N–H and O–H groups in total. The monoisotopic (exact) mass is 385 g/mol. The molecule has 2 aromatic heterocycles. The van der Waals surface area contributed by atoms with Crippen molar-refractivity contribution in [2.24, 2.45) is 5.84 Å². The van der Waals surface area contributed by atoms with Crippen molar-refractivity contribution < 1.29 is 0 Å². The van der Waals surface area contributed by atoms with E-state index in [1.54, 1.807) is 6.07 Å². The molecule has 0 saturated carbocycles. The van der Waals surface area contributed by atoms with E-state index in [4.69, 9.17) is 22.4 Å². The Morgan fingerprint density at radius 1 is 0.897 bits per heavy atom. The van der Waals surface area contributed by atoms with Gasteiger partial charge in [-0.05, 0) is 41.3 Å². The third-order valence-corrected chi connectivity index (χ3v) is 4.75. The Morgan fingerprint density at radius 2 is 1.69 bits per heavy atom. The summed E-state index contributed by atoms with van der Waals surface area (Å²) in [5.74, 6) is 6.24. The average Bonchev–Trinajstić information content (AvgIpc) is 3.20. The van der Waals surface area contributed by atoms with Crippen molar-refractivity contribution >= 4 is 17.3 Å². The van der Waals surface area contributed by atoms with Crippen molar-refractivity contribution in [3.63, 3.8) is 0 Å². The molecule has 0 amide bonds. The zero-order chi connectivity index (χ0) is 20.2. The molecule has 29 heavy (non-hydrogen) atoms. The van der Waals surface area contributed by atoms with Crippen LogP contribution < -0.4 is 22.7 Å². The average molecular weight is 385 g/mol. The minimum Gasteiger partial charge on any atom is -0.395 e. The number of anilines is 3. The number of rotatable bonds is 6. The van der Waals surface area contributed by atoms with Crippen molar-refractivity contribution in [2.45, 2.75) is 13.0 Å². The van der Waals surface area contributed by atoms with Crippen LogP contribution in [-0.2, 0) is 13.0 Å². The minimum absolute atomic E-state index is 0.373. The number of nitrogens with two attached hydrogens (primary N) is 3. The van der Waals surface area contributed by atoms with Crippen LogP contribution in [0.3, 0.4) is 0 Å². The van der Waals surface area contributed by atoms with Gasteiger partial charge in [-0.25, -0.2) is 10.8 Å². The minimum atomic E-state index is 0.373. The zero-order valence-electron chi connectivity index (χ0n) is 15.9. The van der Waals surface area contributed by atoms with Crippen LogP contribution in [0.2, 0.25) is 0 Å². The standard InChI is InChI=1S/C22H23N7/c23-20-13-18(21(24)22(26-20)27-25)12-16-7-4-8-17(11-16)19-9-10-29(28-19)14-15-5-2-1-3-6-15/h1-11,13H,12,14,24-25H2,(H3,23,26,27). The molecule has 0 unspecified atom stereocenters. The van der Waals surface area contributed by atoms with Crippen LogP contribution in [0, 0.1) is 0 Å². The van der Waals surface area contributed by atoms with Gasteiger partial charge in [-0.1, -0.05) is 48.5 Å². The van der Waals surface area contributed by atoms with E-state index in [2.05, 4.69) is 40.7 Å². The predicted molar refractivity (Wildman–Crippen MR) is 117 cm³/mol. The number of nitrogens with one attached hydrogen (secondary N) is 1. The second-order valence-corrected chi connectivity index (χ2v) is 6.87. The summed E-state index contributed by atoms with van der Waals surface area (Å²) >= 11 is 0. The molecule has 0 fully saturated rings. The fraction of sp³-hybridized carbons (Fsp3) is 0.0909. The lowest BCUT2D eigenvalue weighted by Gasteiger charge is -2.11. The van der Waals surface area contributed by atoms with E-state index < -0.39 is 0 Å². The highest BCUT2D eigenvalue weighted by Gasteiger charge is 2.10. The lowest BCUT2D eigenvalue weighted by Crippen LogP contribution is -2.13. The molecule has 146 valence electrons. The van der Waals surface area contributed by atoms with Crippen molar-refractivity contribution in [3.8, 4) is 11.3 Å². The SMILES string of the molecule is NNc1nc(N)cc(Cc2cccc(-c3ccn(Cc4ccccc4)n3)c2)c1N. The summed E-state index contributed by atoms with van der Waals surface area (Å²) in [5.41, 5.74) is 20.2. The van der Waals surface area contributed by atoms with Gasteiger partial charge in [0, 0.05) is 11.8 Å². The molecule has 2 heterocycles. The predicted octanol–water partition coefficient (Wildman–Crippen LogP) is 3.03. The number of pyridine rings is 1. The van der Waals surface area contributed by atoms with Crippen molar-refractivity contribution in [3.05, 3.63) is 89.6 Å². The first kappa shape index (κ1) is 18.5. The summed E-state index contributed by atoms with van der Waals surface area (Å²) in [6.45, 7) is 0.738. The summed E-state index contributed by atoms with van der Waals surface area (Å²) in [4.78, 5) is 4.10. The number of nitrogen functional groups attached to an aromatic ring is 3. The van der Waals surface area contributed by atoms with Gasteiger partial charge in [0.1, 0.15) is 5.82 Å². The van der Waals surface area contributed by atoms with Gasteiger partial charge >= 0.3 is 0 Å². The third-order valence-electron chi connectivity index (χ3n) is 4.75. The van der Waals surface area contributed by atoms with Gasteiger partial charge in [0.2, 0.25) is 0 Å². The van der Waals surface area contributed by atoms with E-state index in [1.165, 1.54) is 5.56 Å². The highest BCUT2D eigenvalue weighted by molar-refractivity contribution is 5.69. The van der Waals surface area contributed by atoms with E-state index in [0.717, 1.165) is 28.9 Å². The van der Waals surface area contributed by atoms with E-state index in [0.29, 0.717) is 23.7 Å². The maximum Gasteiger partial charge on any atom is 0.165 e. The Balaban J connectivity index is 1.56. The highest BCUT2D eigenvalue weighted by atomic mass is 15.3. The van der Waals surface area contributed by atoms with Gasteiger partial charge in [-0.2, -0.15) is 5.10 Å². The number of aromatic nitrogens is 3. The van der Waals surface area contributed by atoms with Crippen LogP contribution in [0.15, 0.2) is 72.9 Å². The molecule has 0 aliphatic rings. The summed E-state index contributed by atoms with van der Waals surface area (Å²) in [6, 6.07) is 22.3. The van der Waals surface area contributed by atoms with E-state index >= 15 is 0 Å². The first-order valence-electron chi connectivity index (χ1n) is 9.30. The first-order valence-corrected chi connectivity index (χ1v) is 9.30. The van der Waals surface area contributed by atoms with Gasteiger partial charge in [0.05, 0.1) is 17.9 Å². The smallest absolute Gasteiger partial charge is 0.165 e. The fourth-order valence-electron chi connectivity index (χ4n) is 3.32. The molecule has 0 saturated heterocycles. The Morgan fingerprint density at radius 3 is 2.48 bits per heavy atom. The summed E-state index contributed by atoms with van der Waals surface area (Å²) in [5, 5.41) is 4.72. The molecule has 0 aliphatic heterocycles. The number of hydrazine groups is 1. The molecule has 0 aliphatic carbocycles. The maximum atomic E-state index is 6.16. The molecule has 7 nitrogen and oxygen atoms in total. The molecule has 0 bridgehead atoms. The van der Waals surface area contributed by atoms with Gasteiger partial charge in [0.25, 0.3) is 0 Å². The number of benzene rings is 2. The lowest BCUT2D eigenvalue weighted by molar-refractivity contribution is 0.689. The van der Waals surface area contributed by atoms with Gasteiger partial charge in [-0.3, -0.25) is 4.68 Å². The van der Waals surface area contributed by atoms with Gasteiger partial charge in [-0.15, -0.1) is 0 Å². The Bertz CT molecular complexity index is 1120. The van der Waals surface area contributed by atoms with Crippen molar-refractivity contribution in [1.82, 2.24) is 14.8 Å². The molecule has 4 aromatic rings. The van der Waals surface area contributed by atoms with E-state index in [9.17, 15) is 0 Å². The second kappa shape index (κ2) is 8.04. The van der Waals surface area contributed by atoms with Crippen LogP contribution in [0.1, 0.15) is 16.7 Å².